The first-order valence-electron chi connectivity index (χ1n) is 3.16. The van der Waals surface area contributed by atoms with Crippen molar-refractivity contribution in [1.82, 2.24) is 4.90 Å². The molecule has 3 nitrogen and oxygen atoms in total. The second kappa shape index (κ2) is 3.49. The minimum Gasteiger partial charge on any atom is -0.285 e. The molecule has 11 heavy (non-hydrogen) atoms. The van der Waals surface area contributed by atoms with Gasteiger partial charge in [0, 0.05) is 13.5 Å². The van der Waals surface area contributed by atoms with Gasteiger partial charge >= 0.3 is 0 Å². The van der Waals surface area contributed by atoms with Crippen molar-refractivity contribution in [1.29, 1.82) is 0 Å². The third-order valence-electron chi connectivity index (χ3n) is 1.55. The molecule has 1 aliphatic rings. The molecule has 2 amide bonds. The number of hydrogen-bond acceptors (Lipinski definition) is 4. The maximum absolute atomic E-state index is 11.2. The number of amides is 2. The lowest BCUT2D eigenvalue weighted by Crippen LogP contribution is -2.26. The highest BCUT2D eigenvalue weighted by atomic mass is 33.1. The maximum atomic E-state index is 11.2. The quantitative estimate of drug-likeness (QED) is 0.477. The number of imide groups is 1. The van der Waals surface area contributed by atoms with Crippen molar-refractivity contribution in [3.8, 4) is 0 Å². The average molecular weight is 191 g/mol. The van der Waals surface area contributed by atoms with Gasteiger partial charge in [-0.05, 0) is 6.26 Å². The van der Waals surface area contributed by atoms with Crippen molar-refractivity contribution in [2.24, 2.45) is 0 Å². The van der Waals surface area contributed by atoms with Crippen molar-refractivity contribution in [2.45, 2.75) is 11.7 Å². The van der Waals surface area contributed by atoms with Gasteiger partial charge in [0.15, 0.2) is 0 Å². The largest absolute Gasteiger partial charge is 0.285 e. The molecule has 0 aliphatic carbocycles. The Morgan fingerprint density at radius 2 is 2.18 bits per heavy atom. The lowest BCUT2D eigenvalue weighted by Gasteiger charge is -2.05. The van der Waals surface area contributed by atoms with Crippen LogP contribution in [0.1, 0.15) is 6.42 Å². The van der Waals surface area contributed by atoms with Crippen LogP contribution >= 0.6 is 21.6 Å². The molecule has 1 unspecified atom stereocenters. The summed E-state index contributed by atoms with van der Waals surface area (Å²) in [7, 11) is 4.52. The van der Waals surface area contributed by atoms with Gasteiger partial charge in [-0.3, -0.25) is 14.5 Å². The average Bonchev–Trinajstić information content (AvgIpc) is 2.19. The monoisotopic (exact) mass is 191 g/mol. The summed E-state index contributed by atoms with van der Waals surface area (Å²) in [5.74, 6) is -0.129. The smallest absolute Gasteiger partial charge is 0.243 e. The normalized spacial score (nSPS) is 24.9. The van der Waals surface area contributed by atoms with E-state index in [-0.39, 0.29) is 17.1 Å². The number of rotatable bonds is 2. The Bertz CT molecular complexity index is 195. The van der Waals surface area contributed by atoms with Crippen LogP contribution in [-0.4, -0.2) is 35.3 Å². The van der Waals surface area contributed by atoms with Gasteiger partial charge in [-0.15, -0.1) is 0 Å². The first-order valence-corrected chi connectivity index (χ1v) is 5.79. The van der Waals surface area contributed by atoms with Gasteiger partial charge in [0.05, 0.1) is 0 Å². The molecule has 0 aromatic rings. The van der Waals surface area contributed by atoms with E-state index in [0.717, 1.165) is 0 Å². The van der Waals surface area contributed by atoms with Crippen molar-refractivity contribution < 1.29 is 9.59 Å². The van der Waals surface area contributed by atoms with Crippen LogP contribution in [0.5, 0.6) is 0 Å². The van der Waals surface area contributed by atoms with Crippen LogP contribution in [0, 0.1) is 0 Å². The molecule has 1 heterocycles. The highest BCUT2D eigenvalue weighted by molar-refractivity contribution is 8.76. The minimum atomic E-state index is -0.150. The molecule has 0 radical (unpaired) electrons. The molecule has 0 N–H and O–H groups in total. The number of likely N-dealkylation sites (tertiary alicyclic amines) is 1. The van der Waals surface area contributed by atoms with Crippen molar-refractivity contribution in [3.63, 3.8) is 0 Å². The van der Waals surface area contributed by atoms with E-state index < -0.39 is 0 Å². The molecule has 0 bridgehead atoms. The Kier molecular flexibility index (Phi) is 2.84. The number of hydrogen-bond donors (Lipinski definition) is 0. The molecule has 1 fully saturated rings. The van der Waals surface area contributed by atoms with Crippen LogP contribution in [0.25, 0.3) is 0 Å². The Labute approximate surface area is 73.3 Å². The third kappa shape index (κ3) is 1.70. The van der Waals surface area contributed by atoms with Crippen LogP contribution in [0.4, 0.5) is 0 Å². The first kappa shape index (κ1) is 8.93. The SMILES string of the molecule is CSSC1CC(=O)N(C)C1=O. The predicted octanol–water partition coefficient (Wildman–Crippen LogP) is 0.755. The van der Waals surface area contributed by atoms with Crippen LogP contribution in [0.2, 0.25) is 0 Å². The summed E-state index contributed by atoms with van der Waals surface area (Å²) in [6.45, 7) is 0. The molecule has 62 valence electrons. The van der Waals surface area contributed by atoms with Gasteiger partial charge in [0.2, 0.25) is 11.8 Å². The van der Waals surface area contributed by atoms with Crippen molar-refractivity contribution >= 4 is 33.4 Å². The van der Waals surface area contributed by atoms with Gasteiger partial charge in [-0.2, -0.15) is 0 Å². The van der Waals surface area contributed by atoms with Gasteiger partial charge in [-0.25, -0.2) is 0 Å². The fraction of sp³-hybridized carbons (Fsp3) is 0.667. The lowest BCUT2D eigenvalue weighted by atomic mass is 10.4. The van der Waals surface area contributed by atoms with E-state index in [9.17, 15) is 9.59 Å². The summed E-state index contributed by atoms with van der Waals surface area (Å²) < 4.78 is 0. The maximum Gasteiger partial charge on any atom is 0.243 e. The van der Waals surface area contributed by atoms with Gasteiger partial charge in [-0.1, -0.05) is 21.6 Å². The highest BCUT2D eigenvalue weighted by Crippen LogP contribution is 2.31. The van der Waals surface area contributed by atoms with Crippen LogP contribution in [-0.2, 0) is 9.59 Å². The number of carbonyl (C=O) groups excluding carboxylic acids is 2. The lowest BCUT2D eigenvalue weighted by molar-refractivity contribution is -0.136. The fourth-order valence-corrected chi connectivity index (χ4v) is 2.74. The van der Waals surface area contributed by atoms with Gasteiger partial charge < -0.3 is 0 Å². The van der Waals surface area contributed by atoms with E-state index in [1.165, 1.54) is 33.5 Å². The Hall–Kier alpha value is -0.160. The number of nitrogens with zero attached hydrogens (tertiary/aromatic N) is 1. The van der Waals surface area contributed by atoms with E-state index in [4.69, 9.17) is 0 Å². The summed E-state index contributed by atoms with van der Waals surface area (Å²) >= 11 is 0. The molecule has 0 aromatic carbocycles. The molecule has 0 aromatic heterocycles. The van der Waals surface area contributed by atoms with Crippen LogP contribution < -0.4 is 0 Å². The summed E-state index contributed by atoms with van der Waals surface area (Å²) in [5, 5.41) is -0.150. The molecule has 1 aliphatic heterocycles. The Morgan fingerprint density at radius 1 is 1.55 bits per heavy atom. The molecule has 1 rings (SSSR count). The summed E-state index contributed by atoms with van der Waals surface area (Å²) in [4.78, 5) is 23.3. The van der Waals surface area contributed by atoms with Crippen molar-refractivity contribution in [2.75, 3.05) is 13.3 Å². The molecule has 0 spiro atoms. The Balaban J connectivity index is 2.60. The fourth-order valence-electron chi connectivity index (χ4n) is 0.913. The second-order valence-electron chi connectivity index (χ2n) is 2.25. The summed E-state index contributed by atoms with van der Waals surface area (Å²) in [6.07, 6.45) is 2.27. The minimum absolute atomic E-state index is 0.0608. The van der Waals surface area contributed by atoms with Crippen molar-refractivity contribution in [3.05, 3.63) is 0 Å². The summed E-state index contributed by atoms with van der Waals surface area (Å²) in [5.41, 5.74) is 0. The first-order chi connectivity index (χ1) is 5.16. The molecular formula is C6H9NO2S2. The van der Waals surface area contributed by atoms with Crippen LogP contribution in [0.15, 0.2) is 0 Å². The van der Waals surface area contributed by atoms with Gasteiger partial charge in [0.25, 0.3) is 0 Å². The van der Waals surface area contributed by atoms with E-state index in [1.54, 1.807) is 0 Å². The molecule has 0 saturated carbocycles. The standard InChI is InChI=1S/C6H9NO2S2/c1-7-5(8)3-4(6(7)9)11-10-2/h4H,3H2,1-2H3. The zero-order valence-electron chi connectivity index (χ0n) is 6.36. The summed E-state index contributed by atoms with van der Waals surface area (Å²) in [6, 6.07) is 0. The van der Waals surface area contributed by atoms with Crippen LogP contribution in [0.3, 0.4) is 0 Å². The Morgan fingerprint density at radius 3 is 2.55 bits per heavy atom. The molecular weight excluding hydrogens is 182 g/mol. The van der Waals surface area contributed by atoms with E-state index in [0.29, 0.717) is 6.42 Å². The zero-order chi connectivity index (χ0) is 8.43. The van der Waals surface area contributed by atoms with E-state index >= 15 is 0 Å². The van der Waals surface area contributed by atoms with E-state index in [1.807, 2.05) is 6.26 Å². The van der Waals surface area contributed by atoms with Gasteiger partial charge in [0.1, 0.15) is 5.25 Å². The molecule has 1 saturated heterocycles. The predicted molar refractivity (Wildman–Crippen MR) is 47.3 cm³/mol. The zero-order valence-corrected chi connectivity index (χ0v) is 8.00. The molecule has 5 heteroatoms. The third-order valence-corrected chi connectivity index (χ3v) is 3.62. The highest BCUT2D eigenvalue weighted by Gasteiger charge is 2.36. The second-order valence-corrected chi connectivity index (χ2v) is 4.92. The van der Waals surface area contributed by atoms with E-state index in [2.05, 4.69) is 0 Å². The topological polar surface area (TPSA) is 37.4 Å². The number of carbonyl (C=O) groups is 2. The molecule has 1 atom stereocenters.